The molecule has 1 aliphatic heterocycles. The van der Waals surface area contributed by atoms with Crippen LogP contribution in [0.2, 0.25) is 0 Å². The minimum absolute atomic E-state index is 0.163. The normalized spacial score (nSPS) is 21.3. The third kappa shape index (κ3) is 1.78. The lowest BCUT2D eigenvalue weighted by Crippen LogP contribution is -2.43. The van der Waals surface area contributed by atoms with Gasteiger partial charge in [0, 0.05) is 0 Å². The summed E-state index contributed by atoms with van der Waals surface area (Å²) in [5, 5.41) is 0. The first-order chi connectivity index (χ1) is 8.74. The zero-order valence-corrected chi connectivity index (χ0v) is 10.7. The predicted molar refractivity (Wildman–Crippen MR) is 68.4 cm³/mol. The second kappa shape index (κ2) is 4.30. The second-order valence-electron chi connectivity index (χ2n) is 5.28. The Morgan fingerprint density at radius 1 is 1.22 bits per heavy atom. The monoisotopic (exact) mass is 246 g/mol. The molecule has 0 saturated heterocycles. The number of carbonyl (C=O) groups is 1. The maximum Gasteiger partial charge on any atom is 0.174 e. The zero-order chi connectivity index (χ0) is 12.6. The van der Waals surface area contributed by atoms with Crippen LogP contribution in [0.1, 0.15) is 48.9 Å². The summed E-state index contributed by atoms with van der Waals surface area (Å²) in [4.78, 5) is 12.4. The first-order valence-electron chi connectivity index (χ1n) is 6.63. The highest BCUT2D eigenvalue weighted by Crippen LogP contribution is 2.44. The molecule has 96 valence electrons. The van der Waals surface area contributed by atoms with Gasteiger partial charge in [-0.15, -0.1) is 0 Å². The van der Waals surface area contributed by atoms with Crippen LogP contribution in [-0.2, 0) is 0 Å². The summed E-state index contributed by atoms with van der Waals surface area (Å²) in [6, 6.07) is 5.58. The Kier molecular flexibility index (Phi) is 2.77. The predicted octanol–water partition coefficient (Wildman–Crippen LogP) is 3.36. The summed E-state index contributed by atoms with van der Waals surface area (Å²) in [5.74, 6) is 1.49. The van der Waals surface area contributed by atoms with Crippen molar-refractivity contribution < 1.29 is 14.3 Å². The zero-order valence-electron chi connectivity index (χ0n) is 10.7. The van der Waals surface area contributed by atoms with Crippen molar-refractivity contribution in [2.75, 3.05) is 7.11 Å². The Morgan fingerprint density at radius 3 is 2.72 bits per heavy atom. The molecular formula is C15H18O3. The highest BCUT2D eigenvalue weighted by molar-refractivity contribution is 6.02. The number of hydrogen-bond donors (Lipinski definition) is 0. The third-order valence-corrected chi connectivity index (χ3v) is 4.06. The molecular weight excluding hydrogens is 228 g/mol. The van der Waals surface area contributed by atoms with E-state index in [-0.39, 0.29) is 11.4 Å². The molecule has 1 aromatic rings. The van der Waals surface area contributed by atoms with E-state index in [1.165, 1.54) is 6.42 Å². The van der Waals surface area contributed by atoms with Gasteiger partial charge in [-0.3, -0.25) is 4.79 Å². The fourth-order valence-corrected chi connectivity index (χ4v) is 3.17. The van der Waals surface area contributed by atoms with Crippen LogP contribution in [0.4, 0.5) is 0 Å². The molecule has 0 N–H and O–H groups in total. The van der Waals surface area contributed by atoms with Crippen molar-refractivity contribution >= 4 is 5.78 Å². The molecule has 0 bridgehead atoms. The van der Waals surface area contributed by atoms with Crippen molar-refractivity contribution in [1.29, 1.82) is 0 Å². The topological polar surface area (TPSA) is 35.5 Å². The van der Waals surface area contributed by atoms with Gasteiger partial charge in [0.1, 0.15) is 22.7 Å². The van der Waals surface area contributed by atoms with E-state index in [2.05, 4.69) is 0 Å². The van der Waals surface area contributed by atoms with E-state index in [9.17, 15) is 4.79 Å². The molecule has 0 atom stereocenters. The molecule has 1 saturated carbocycles. The SMILES string of the molecule is COc1cccc2c1C(=O)CC1(CCCCC1)O2. The molecule has 1 spiro atoms. The Bertz CT molecular complexity index is 473. The van der Waals surface area contributed by atoms with Crippen LogP contribution in [0.3, 0.4) is 0 Å². The number of rotatable bonds is 1. The standard InChI is InChI=1S/C15H18O3/c1-17-12-6-5-7-13-14(12)11(16)10-15(18-13)8-3-2-4-9-15/h5-7H,2-4,8-10H2,1H3. The van der Waals surface area contributed by atoms with Crippen LogP contribution in [-0.4, -0.2) is 18.5 Å². The molecule has 0 radical (unpaired) electrons. The Labute approximate surface area is 107 Å². The summed E-state index contributed by atoms with van der Waals surface area (Å²) in [7, 11) is 1.59. The fourth-order valence-electron chi connectivity index (χ4n) is 3.17. The van der Waals surface area contributed by atoms with Crippen LogP contribution in [0, 0.1) is 0 Å². The molecule has 1 fully saturated rings. The van der Waals surface area contributed by atoms with Crippen molar-refractivity contribution in [3.63, 3.8) is 0 Å². The van der Waals surface area contributed by atoms with Crippen LogP contribution in [0.15, 0.2) is 18.2 Å². The lowest BCUT2D eigenvalue weighted by molar-refractivity contribution is 0.0132. The summed E-state index contributed by atoms with van der Waals surface area (Å²) in [5.41, 5.74) is 0.380. The van der Waals surface area contributed by atoms with Crippen molar-refractivity contribution in [2.24, 2.45) is 0 Å². The van der Waals surface area contributed by atoms with Crippen LogP contribution in [0.5, 0.6) is 11.5 Å². The lowest BCUT2D eigenvalue weighted by Gasteiger charge is -2.40. The molecule has 0 amide bonds. The minimum Gasteiger partial charge on any atom is -0.496 e. The number of Topliss-reactive ketones (excluding diaryl/α,β-unsaturated/α-hetero) is 1. The van der Waals surface area contributed by atoms with Crippen molar-refractivity contribution in [2.45, 2.75) is 44.1 Å². The Hall–Kier alpha value is -1.51. The van der Waals surface area contributed by atoms with E-state index in [4.69, 9.17) is 9.47 Å². The van der Waals surface area contributed by atoms with Crippen LogP contribution >= 0.6 is 0 Å². The van der Waals surface area contributed by atoms with E-state index >= 15 is 0 Å². The van der Waals surface area contributed by atoms with Gasteiger partial charge in [-0.1, -0.05) is 12.5 Å². The van der Waals surface area contributed by atoms with E-state index < -0.39 is 0 Å². The molecule has 0 unspecified atom stereocenters. The fraction of sp³-hybridized carbons (Fsp3) is 0.533. The average molecular weight is 246 g/mol. The van der Waals surface area contributed by atoms with Crippen molar-refractivity contribution in [3.8, 4) is 11.5 Å². The van der Waals surface area contributed by atoms with E-state index in [0.717, 1.165) is 25.7 Å². The van der Waals surface area contributed by atoms with Crippen molar-refractivity contribution in [3.05, 3.63) is 23.8 Å². The number of ketones is 1. The highest BCUT2D eigenvalue weighted by atomic mass is 16.5. The lowest BCUT2D eigenvalue weighted by atomic mass is 9.78. The summed E-state index contributed by atoms with van der Waals surface area (Å²) in [6.45, 7) is 0. The molecule has 1 aliphatic carbocycles. The highest BCUT2D eigenvalue weighted by Gasteiger charge is 2.42. The molecule has 1 heterocycles. The first kappa shape index (κ1) is 11.6. The molecule has 2 aliphatic rings. The quantitative estimate of drug-likeness (QED) is 0.762. The van der Waals surface area contributed by atoms with Gasteiger partial charge in [0.05, 0.1) is 13.5 Å². The van der Waals surface area contributed by atoms with Gasteiger partial charge in [-0.25, -0.2) is 0 Å². The largest absolute Gasteiger partial charge is 0.496 e. The molecule has 18 heavy (non-hydrogen) atoms. The second-order valence-corrected chi connectivity index (χ2v) is 5.28. The Morgan fingerprint density at radius 2 is 2.00 bits per heavy atom. The van der Waals surface area contributed by atoms with Gasteiger partial charge in [0.15, 0.2) is 5.78 Å². The number of methoxy groups -OCH3 is 1. The Balaban J connectivity index is 2.00. The summed E-state index contributed by atoms with van der Waals surface area (Å²) >= 11 is 0. The number of carbonyl (C=O) groups excluding carboxylic acids is 1. The van der Waals surface area contributed by atoms with E-state index in [1.807, 2.05) is 18.2 Å². The van der Waals surface area contributed by atoms with Gasteiger partial charge >= 0.3 is 0 Å². The number of fused-ring (bicyclic) bond motifs is 1. The van der Waals surface area contributed by atoms with Crippen LogP contribution < -0.4 is 9.47 Å². The third-order valence-electron chi connectivity index (χ3n) is 4.06. The molecule has 0 aromatic heterocycles. The van der Waals surface area contributed by atoms with Gasteiger partial charge in [-0.2, -0.15) is 0 Å². The maximum absolute atomic E-state index is 12.4. The number of ether oxygens (including phenoxy) is 2. The van der Waals surface area contributed by atoms with Gasteiger partial charge in [0.2, 0.25) is 0 Å². The average Bonchev–Trinajstić information content (AvgIpc) is 2.38. The van der Waals surface area contributed by atoms with Gasteiger partial charge in [-0.05, 0) is 37.8 Å². The molecule has 1 aromatic carbocycles. The first-order valence-corrected chi connectivity index (χ1v) is 6.63. The van der Waals surface area contributed by atoms with Gasteiger partial charge < -0.3 is 9.47 Å². The van der Waals surface area contributed by atoms with Gasteiger partial charge in [0.25, 0.3) is 0 Å². The molecule has 3 heteroatoms. The van der Waals surface area contributed by atoms with Crippen molar-refractivity contribution in [1.82, 2.24) is 0 Å². The molecule has 3 nitrogen and oxygen atoms in total. The minimum atomic E-state index is -0.241. The van der Waals surface area contributed by atoms with E-state index in [1.54, 1.807) is 7.11 Å². The number of hydrogen-bond acceptors (Lipinski definition) is 3. The number of benzene rings is 1. The summed E-state index contributed by atoms with van der Waals surface area (Å²) in [6.07, 6.45) is 6.06. The smallest absolute Gasteiger partial charge is 0.174 e. The van der Waals surface area contributed by atoms with Crippen LogP contribution in [0.25, 0.3) is 0 Å². The maximum atomic E-state index is 12.4. The summed E-state index contributed by atoms with van der Waals surface area (Å²) < 4.78 is 11.4. The van der Waals surface area contributed by atoms with E-state index in [0.29, 0.717) is 23.5 Å². The molecule has 3 rings (SSSR count).